The molecule has 0 spiro atoms. The molecule has 0 bridgehead atoms. The van der Waals surface area contributed by atoms with Crippen LogP contribution in [-0.4, -0.2) is 35.6 Å². The van der Waals surface area contributed by atoms with E-state index in [0.29, 0.717) is 22.4 Å². The number of amides is 1. The molecule has 0 saturated carbocycles. The van der Waals surface area contributed by atoms with Gasteiger partial charge in [-0.3, -0.25) is 14.2 Å². The summed E-state index contributed by atoms with van der Waals surface area (Å²) in [6.07, 6.45) is 0. The van der Waals surface area contributed by atoms with Crippen LogP contribution in [0.1, 0.15) is 17.3 Å². The monoisotopic (exact) mass is 398 g/mol. The van der Waals surface area contributed by atoms with Crippen LogP contribution in [0.4, 0.5) is 5.69 Å². The zero-order valence-corrected chi connectivity index (χ0v) is 15.5. The van der Waals surface area contributed by atoms with E-state index in [-0.39, 0.29) is 13.2 Å². The van der Waals surface area contributed by atoms with E-state index in [1.165, 1.54) is 24.3 Å². The molecule has 1 heterocycles. The van der Waals surface area contributed by atoms with E-state index in [1.54, 1.807) is 31.2 Å². The predicted octanol–water partition coefficient (Wildman–Crippen LogP) is 1.95. The minimum atomic E-state index is -0.758. The summed E-state index contributed by atoms with van der Waals surface area (Å²) in [5.74, 6) is -2.46. The third kappa shape index (κ3) is 4.89. The Bertz CT molecular complexity index is 1100. The summed E-state index contributed by atoms with van der Waals surface area (Å²) in [7, 11) is 0. The van der Waals surface area contributed by atoms with Crippen molar-refractivity contribution in [3.8, 4) is 0 Å². The lowest BCUT2D eigenvalue weighted by Crippen LogP contribution is -2.25. The van der Waals surface area contributed by atoms with Crippen LogP contribution < -0.4 is 11.1 Å². The van der Waals surface area contributed by atoms with Gasteiger partial charge in [-0.1, -0.05) is 12.1 Å². The number of fused-ring (bicyclic) bond motifs is 1. The number of hydrogen-bond acceptors (Lipinski definition) is 7. The Morgan fingerprint density at radius 3 is 2.48 bits per heavy atom. The first-order valence-corrected chi connectivity index (χ1v) is 8.79. The van der Waals surface area contributed by atoms with E-state index in [4.69, 9.17) is 13.9 Å². The number of esters is 2. The molecule has 0 fully saturated rings. The van der Waals surface area contributed by atoms with E-state index >= 15 is 0 Å². The van der Waals surface area contributed by atoms with Crippen LogP contribution in [0.3, 0.4) is 0 Å². The van der Waals surface area contributed by atoms with Gasteiger partial charge in [-0.2, -0.15) is 0 Å². The van der Waals surface area contributed by atoms with Crippen molar-refractivity contribution in [2.24, 2.45) is 0 Å². The number of nitrogens with one attached hydrogen (secondary N) is 1. The first kappa shape index (κ1) is 19.9. The molecule has 0 atom stereocenters. The van der Waals surface area contributed by atoms with Crippen LogP contribution in [0.5, 0.6) is 0 Å². The van der Waals surface area contributed by atoms with Gasteiger partial charge in [0, 0.05) is 5.69 Å². The quantitative estimate of drug-likeness (QED) is 0.605. The van der Waals surface area contributed by atoms with Crippen molar-refractivity contribution >= 4 is 34.6 Å². The molecule has 29 heavy (non-hydrogen) atoms. The molecule has 0 unspecified atom stereocenters. The number of ether oxygens (including phenoxy) is 2. The second-order valence-corrected chi connectivity index (χ2v) is 5.93. The van der Waals surface area contributed by atoms with Crippen molar-refractivity contribution in [3.63, 3.8) is 0 Å². The zero-order valence-electron chi connectivity index (χ0n) is 15.5. The van der Waals surface area contributed by atoms with Crippen LogP contribution in [-0.2, 0) is 25.6 Å². The van der Waals surface area contributed by atoms with Crippen molar-refractivity contribution in [1.82, 2.24) is 4.57 Å². The molecule has 2 aromatic carbocycles. The summed E-state index contributed by atoms with van der Waals surface area (Å²) in [4.78, 5) is 47.4. The standard InChI is InChI=1S/C20H18N2O7/c1-2-27-19(25)13-7-9-14(10-8-13)21-17(23)12-28-18(24)11-22-15-5-3-4-6-16(15)29-20(22)26/h3-10H,2,11-12H2,1H3,(H,21,23). The Hall–Kier alpha value is -3.88. The first-order valence-electron chi connectivity index (χ1n) is 8.79. The Morgan fingerprint density at radius 2 is 1.76 bits per heavy atom. The molecule has 3 rings (SSSR count). The molecule has 150 valence electrons. The van der Waals surface area contributed by atoms with Gasteiger partial charge in [-0.25, -0.2) is 9.59 Å². The van der Waals surface area contributed by atoms with Gasteiger partial charge in [0.1, 0.15) is 6.54 Å². The highest BCUT2D eigenvalue weighted by molar-refractivity contribution is 5.94. The Labute approximate surface area is 164 Å². The molecular formula is C20H18N2O7. The maximum absolute atomic E-state index is 12.0. The number of para-hydroxylation sites is 2. The highest BCUT2D eigenvalue weighted by atomic mass is 16.5. The lowest BCUT2D eigenvalue weighted by molar-refractivity contribution is -0.147. The average molecular weight is 398 g/mol. The van der Waals surface area contributed by atoms with Crippen molar-refractivity contribution in [2.75, 3.05) is 18.5 Å². The fourth-order valence-electron chi connectivity index (χ4n) is 2.59. The van der Waals surface area contributed by atoms with E-state index in [0.717, 1.165) is 4.57 Å². The highest BCUT2D eigenvalue weighted by Gasteiger charge is 2.14. The maximum Gasteiger partial charge on any atom is 0.420 e. The lowest BCUT2D eigenvalue weighted by atomic mass is 10.2. The van der Waals surface area contributed by atoms with E-state index < -0.39 is 30.2 Å². The molecule has 0 aliphatic carbocycles. The third-order valence-electron chi connectivity index (χ3n) is 3.90. The second-order valence-electron chi connectivity index (χ2n) is 5.93. The van der Waals surface area contributed by atoms with Gasteiger partial charge in [0.05, 0.1) is 17.7 Å². The Kier molecular flexibility index (Phi) is 6.08. The van der Waals surface area contributed by atoms with E-state index in [1.807, 2.05) is 0 Å². The largest absolute Gasteiger partial charge is 0.462 e. The topological polar surface area (TPSA) is 117 Å². The Balaban J connectivity index is 1.52. The first-order chi connectivity index (χ1) is 14.0. The Morgan fingerprint density at radius 1 is 1.03 bits per heavy atom. The summed E-state index contributed by atoms with van der Waals surface area (Å²) in [6.45, 7) is 1.07. The third-order valence-corrected chi connectivity index (χ3v) is 3.90. The minimum Gasteiger partial charge on any atom is -0.462 e. The fourth-order valence-corrected chi connectivity index (χ4v) is 2.59. The van der Waals surface area contributed by atoms with Crippen molar-refractivity contribution in [1.29, 1.82) is 0 Å². The van der Waals surface area contributed by atoms with Crippen molar-refractivity contribution < 1.29 is 28.3 Å². The van der Waals surface area contributed by atoms with Crippen LogP contribution >= 0.6 is 0 Å². The van der Waals surface area contributed by atoms with Crippen LogP contribution in [0.2, 0.25) is 0 Å². The molecular weight excluding hydrogens is 380 g/mol. The molecule has 1 N–H and O–H groups in total. The van der Waals surface area contributed by atoms with E-state index in [9.17, 15) is 19.2 Å². The SMILES string of the molecule is CCOC(=O)c1ccc(NC(=O)COC(=O)Cn2c(=O)oc3ccccc32)cc1. The lowest BCUT2D eigenvalue weighted by Gasteiger charge is -2.08. The summed E-state index contributed by atoms with van der Waals surface area (Å²) in [5.41, 5.74) is 1.60. The number of hydrogen-bond donors (Lipinski definition) is 1. The molecule has 9 heteroatoms. The number of carbonyl (C=O) groups is 3. The van der Waals surface area contributed by atoms with Gasteiger partial charge in [-0.05, 0) is 43.3 Å². The van der Waals surface area contributed by atoms with Crippen molar-refractivity contribution in [3.05, 3.63) is 64.6 Å². The van der Waals surface area contributed by atoms with Gasteiger partial charge in [0.2, 0.25) is 0 Å². The predicted molar refractivity (Wildman–Crippen MR) is 102 cm³/mol. The number of nitrogens with zero attached hydrogens (tertiary/aromatic N) is 1. The molecule has 3 aromatic rings. The molecule has 9 nitrogen and oxygen atoms in total. The van der Waals surface area contributed by atoms with Gasteiger partial charge in [0.25, 0.3) is 5.91 Å². The van der Waals surface area contributed by atoms with Gasteiger partial charge in [-0.15, -0.1) is 0 Å². The summed E-state index contributed by atoms with van der Waals surface area (Å²) >= 11 is 0. The van der Waals surface area contributed by atoms with Gasteiger partial charge >= 0.3 is 17.7 Å². The van der Waals surface area contributed by atoms with Gasteiger partial charge < -0.3 is 19.2 Å². The second kappa shape index (κ2) is 8.87. The number of benzene rings is 2. The smallest absolute Gasteiger partial charge is 0.420 e. The normalized spacial score (nSPS) is 10.5. The number of rotatable bonds is 7. The molecule has 1 aromatic heterocycles. The summed E-state index contributed by atoms with van der Waals surface area (Å²) in [5, 5.41) is 2.54. The number of oxazole rings is 1. The fraction of sp³-hybridized carbons (Fsp3) is 0.200. The molecule has 0 radical (unpaired) electrons. The van der Waals surface area contributed by atoms with Crippen LogP contribution in [0.15, 0.2) is 57.7 Å². The van der Waals surface area contributed by atoms with Crippen LogP contribution in [0, 0.1) is 0 Å². The van der Waals surface area contributed by atoms with Gasteiger partial charge in [0.15, 0.2) is 12.2 Å². The summed E-state index contributed by atoms with van der Waals surface area (Å²) in [6, 6.07) is 12.7. The van der Waals surface area contributed by atoms with E-state index in [2.05, 4.69) is 5.32 Å². The molecule has 0 saturated heterocycles. The zero-order chi connectivity index (χ0) is 20.8. The van der Waals surface area contributed by atoms with Crippen LogP contribution in [0.25, 0.3) is 11.1 Å². The number of anilines is 1. The highest BCUT2D eigenvalue weighted by Crippen LogP contribution is 2.12. The maximum atomic E-state index is 12.0. The average Bonchev–Trinajstić information content (AvgIpc) is 3.02. The molecule has 0 aliphatic heterocycles. The minimum absolute atomic E-state index is 0.267. The number of aromatic nitrogens is 1. The summed E-state index contributed by atoms with van der Waals surface area (Å²) < 4.78 is 16.0. The number of carbonyl (C=O) groups excluding carboxylic acids is 3. The molecule has 0 aliphatic rings. The van der Waals surface area contributed by atoms with Crippen molar-refractivity contribution in [2.45, 2.75) is 13.5 Å². The molecule has 1 amide bonds.